The number of nitrogens with one attached hydrogen (secondary N) is 2. The van der Waals surface area contributed by atoms with E-state index in [-0.39, 0.29) is 11.7 Å². The monoisotopic (exact) mass is 372 g/mol. The summed E-state index contributed by atoms with van der Waals surface area (Å²) < 4.78 is 14.1. The van der Waals surface area contributed by atoms with Crippen molar-refractivity contribution in [3.63, 3.8) is 0 Å². The summed E-state index contributed by atoms with van der Waals surface area (Å²) in [6.07, 6.45) is 3.40. The van der Waals surface area contributed by atoms with Gasteiger partial charge in [-0.1, -0.05) is 42.5 Å². The lowest BCUT2D eigenvalue weighted by Gasteiger charge is -2.23. The van der Waals surface area contributed by atoms with Gasteiger partial charge in [0.2, 0.25) is 5.91 Å². The van der Waals surface area contributed by atoms with Crippen LogP contribution in [0, 0.1) is 11.7 Å². The molecule has 26 heavy (non-hydrogen) atoms. The smallest absolute Gasteiger partial charge is 0.237 e. The lowest BCUT2D eigenvalue weighted by molar-refractivity contribution is -0.120. The summed E-state index contributed by atoms with van der Waals surface area (Å²) in [4.78, 5) is 13.3. The van der Waals surface area contributed by atoms with Crippen molar-refractivity contribution in [2.75, 3.05) is 19.6 Å². The Morgan fingerprint density at radius 1 is 1.19 bits per heavy atom. The largest absolute Gasteiger partial charge is 0.355 e. The lowest BCUT2D eigenvalue weighted by atomic mass is 9.96. The molecule has 2 N–H and O–H groups in total. The van der Waals surface area contributed by atoms with E-state index < -0.39 is 5.25 Å². The molecule has 2 aromatic rings. The fourth-order valence-electron chi connectivity index (χ4n) is 3.23. The van der Waals surface area contributed by atoms with Gasteiger partial charge in [0.15, 0.2) is 0 Å². The molecule has 3 nitrogen and oxygen atoms in total. The Kier molecular flexibility index (Phi) is 7.09. The highest BCUT2D eigenvalue weighted by molar-refractivity contribution is 8.00. The van der Waals surface area contributed by atoms with Crippen molar-refractivity contribution in [2.45, 2.75) is 29.4 Å². The van der Waals surface area contributed by atoms with Gasteiger partial charge in [0, 0.05) is 11.4 Å². The maximum Gasteiger partial charge on any atom is 0.237 e. The molecular formula is C21H25FN2OS. The molecule has 0 aliphatic carbocycles. The quantitative estimate of drug-likeness (QED) is 0.717. The molecule has 2 unspecified atom stereocenters. The normalized spacial score (nSPS) is 18.3. The van der Waals surface area contributed by atoms with Crippen molar-refractivity contribution in [3.8, 4) is 0 Å². The van der Waals surface area contributed by atoms with Crippen LogP contribution in [0.2, 0.25) is 0 Å². The maximum atomic E-state index is 14.1. The number of halogens is 1. The Bertz CT molecular complexity index is 704. The molecule has 5 heteroatoms. The first kappa shape index (κ1) is 18.9. The Balaban J connectivity index is 1.64. The van der Waals surface area contributed by atoms with Crippen molar-refractivity contribution < 1.29 is 9.18 Å². The van der Waals surface area contributed by atoms with Crippen LogP contribution in [0.1, 0.15) is 30.1 Å². The van der Waals surface area contributed by atoms with Crippen molar-refractivity contribution >= 4 is 17.7 Å². The summed E-state index contributed by atoms with van der Waals surface area (Å²) in [7, 11) is 0. The Labute approximate surface area is 158 Å². The molecule has 0 aromatic heterocycles. The zero-order valence-electron chi connectivity index (χ0n) is 14.8. The SMILES string of the molecule is O=C(NCCC1CCCNC1)C(Sc1ccccc1F)c1ccccc1. The summed E-state index contributed by atoms with van der Waals surface area (Å²) in [6.45, 7) is 2.78. The van der Waals surface area contributed by atoms with Crippen LogP contribution < -0.4 is 10.6 Å². The van der Waals surface area contributed by atoms with Gasteiger partial charge in [-0.3, -0.25) is 4.79 Å². The van der Waals surface area contributed by atoms with E-state index in [0.717, 1.165) is 25.1 Å². The molecule has 0 saturated carbocycles. The number of benzene rings is 2. The molecule has 1 saturated heterocycles. The van der Waals surface area contributed by atoms with Gasteiger partial charge in [0.1, 0.15) is 11.1 Å². The highest BCUT2D eigenvalue weighted by atomic mass is 32.2. The second-order valence-electron chi connectivity index (χ2n) is 6.63. The summed E-state index contributed by atoms with van der Waals surface area (Å²) in [5, 5.41) is 6.00. The molecule has 1 fully saturated rings. The van der Waals surface area contributed by atoms with Crippen LogP contribution in [-0.4, -0.2) is 25.5 Å². The van der Waals surface area contributed by atoms with Crippen molar-refractivity contribution in [3.05, 3.63) is 66.0 Å². The number of rotatable bonds is 7. The Hall–Kier alpha value is -1.85. The van der Waals surface area contributed by atoms with Gasteiger partial charge >= 0.3 is 0 Å². The lowest BCUT2D eigenvalue weighted by Crippen LogP contribution is -2.34. The van der Waals surface area contributed by atoms with Crippen LogP contribution in [-0.2, 0) is 4.79 Å². The van der Waals surface area contributed by atoms with Gasteiger partial charge in [-0.25, -0.2) is 4.39 Å². The average Bonchev–Trinajstić information content (AvgIpc) is 2.69. The third-order valence-corrected chi connectivity index (χ3v) is 5.98. The van der Waals surface area contributed by atoms with Crippen LogP contribution in [0.25, 0.3) is 0 Å². The van der Waals surface area contributed by atoms with Gasteiger partial charge in [0.05, 0.1) is 0 Å². The standard InChI is InChI=1S/C21H25FN2OS/c22-18-10-4-5-11-19(18)26-20(17-8-2-1-3-9-17)21(25)24-14-12-16-7-6-13-23-15-16/h1-5,8-11,16,20,23H,6-7,12-15H2,(H,24,25). The van der Waals surface area contributed by atoms with Crippen molar-refractivity contribution in [1.82, 2.24) is 10.6 Å². The molecule has 138 valence electrons. The van der Waals surface area contributed by atoms with Crippen molar-refractivity contribution in [2.24, 2.45) is 5.92 Å². The zero-order chi connectivity index (χ0) is 18.2. The first-order valence-electron chi connectivity index (χ1n) is 9.18. The number of hydrogen-bond donors (Lipinski definition) is 2. The Morgan fingerprint density at radius 2 is 1.96 bits per heavy atom. The molecule has 0 bridgehead atoms. The van der Waals surface area contributed by atoms with Gasteiger partial charge < -0.3 is 10.6 Å². The maximum absolute atomic E-state index is 14.1. The van der Waals surface area contributed by atoms with Crippen LogP contribution in [0.15, 0.2) is 59.5 Å². The number of amides is 1. The molecule has 1 amide bonds. The number of carbonyl (C=O) groups excluding carboxylic acids is 1. The van der Waals surface area contributed by atoms with Gasteiger partial charge in [-0.05, 0) is 56.0 Å². The number of hydrogen-bond acceptors (Lipinski definition) is 3. The van der Waals surface area contributed by atoms with E-state index in [1.54, 1.807) is 18.2 Å². The van der Waals surface area contributed by atoms with E-state index in [9.17, 15) is 9.18 Å². The fourth-order valence-corrected chi connectivity index (χ4v) is 4.31. The Morgan fingerprint density at radius 3 is 2.69 bits per heavy atom. The third kappa shape index (κ3) is 5.32. The zero-order valence-corrected chi connectivity index (χ0v) is 15.6. The first-order valence-corrected chi connectivity index (χ1v) is 10.1. The van der Waals surface area contributed by atoms with E-state index in [4.69, 9.17) is 0 Å². The third-order valence-electron chi connectivity index (χ3n) is 4.67. The molecule has 3 rings (SSSR count). The second-order valence-corrected chi connectivity index (χ2v) is 7.78. The van der Waals surface area contributed by atoms with Gasteiger partial charge in [-0.2, -0.15) is 0 Å². The summed E-state index contributed by atoms with van der Waals surface area (Å²) in [5.41, 5.74) is 0.887. The molecule has 2 aromatic carbocycles. The van der Waals surface area contributed by atoms with E-state index in [1.165, 1.54) is 30.7 Å². The molecule has 1 heterocycles. The summed E-state index contributed by atoms with van der Waals surface area (Å²) in [5.74, 6) is 0.270. The number of thioether (sulfide) groups is 1. The minimum Gasteiger partial charge on any atom is -0.355 e. The van der Waals surface area contributed by atoms with E-state index in [0.29, 0.717) is 17.4 Å². The van der Waals surface area contributed by atoms with Crippen LogP contribution in [0.3, 0.4) is 0 Å². The molecular weight excluding hydrogens is 347 g/mol. The molecule has 1 aliphatic rings. The van der Waals surface area contributed by atoms with Crippen LogP contribution in [0.4, 0.5) is 4.39 Å². The van der Waals surface area contributed by atoms with Gasteiger partial charge in [0.25, 0.3) is 0 Å². The van der Waals surface area contributed by atoms with E-state index >= 15 is 0 Å². The topological polar surface area (TPSA) is 41.1 Å². The molecule has 0 spiro atoms. The van der Waals surface area contributed by atoms with Gasteiger partial charge in [-0.15, -0.1) is 11.8 Å². The minimum absolute atomic E-state index is 0.0618. The molecule has 1 aliphatic heterocycles. The summed E-state index contributed by atoms with van der Waals surface area (Å²) >= 11 is 1.26. The highest BCUT2D eigenvalue weighted by Crippen LogP contribution is 2.36. The number of piperidine rings is 1. The average molecular weight is 373 g/mol. The first-order chi connectivity index (χ1) is 12.7. The summed E-state index contributed by atoms with van der Waals surface area (Å²) in [6, 6.07) is 16.2. The van der Waals surface area contributed by atoms with Crippen LogP contribution >= 0.6 is 11.8 Å². The van der Waals surface area contributed by atoms with Crippen molar-refractivity contribution in [1.29, 1.82) is 0 Å². The number of carbonyl (C=O) groups is 1. The molecule has 2 atom stereocenters. The van der Waals surface area contributed by atoms with E-state index in [1.807, 2.05) is 30.3 Å². The fraction of sp³-hybridized carbons (Fsp3) is 0.381. The predicted octanol–water partition coefficient (Wildman–Crippen LogP) is 4.17. The molecule has 0 radical (unpaired) electrons. The van der Waals surface area contributed by atoms with E-state index in [2.05, 4.69) is 10.6 Å². The minimum atomic E-state index is -0.461. The second kappa shape index (κ2) is 9.74. The predicted molar refractivity (Wildman–Crippen MR) is 105 cm³/mol. The highest BCUT2D eigenvalue weighted by Gasteiger charge is 2.23. The van der Waals surface area contributed by atoms with Crippen LogP contribution in [0.5, 0.6) is 0 Å².